The average molecular weight is 555 g/mol. The van der Waals surface area contributed by atoms with Gasteiger partial charge in [-0.15, -0.1) is 0 Å². The molecule has 1 saturated heterocycles. The number of carbonyl (C=O) groups excluding carboxylic acids is 2. The molecular formula is C28H27ClN2O6S. The Morgan fingerprint density at radius 1 is 0.868 bits per heavy atom. The Kier molecular flexibility index (Phi) is 8.83. The van der Waals surface area contributed by atoms with Gasteiger partial charge in [-0.1, -0.05) is 29.8 Å². The van der Waals surface area contributed by atoms with Crippen LogP contribution in [0.4, 0.5) is 0 Å². The molecule has 0 atom stereocenters. The van der Waals surface area contributed by atoms with Crippen LogP contribution >= 0.6 is 11.6 Å². The number of carbonyl (C=O) groups is 2. The molecule has 0 bridgehead atoms. The van der Waals surface area contributed by atoms with Gasteiger partial charge in [0.15, 0.2) is 12.4 Å². The van der Waals surface area contributed by atoms with E-state index in [4.69, 9.17) is 21.1 Å². The van der Waals surface area contributed by atoms with Crippen LogP contribution < -0.4 is 9.47 Å². The van der Waals surface area contributed by atoms with Gasteiger partial charge in [-0.2, -0.15) is 4.31 Å². The minimum atomic E-state index is -3.65. The summed E-state index contributed by atoms with van der Waals surface area (Å²) in [6.07, 6.45) is 3.22. The number of ether oxygens (including phenoxy) is 2. The Hall–Kier alpha value is -3.66. The third kappa shape index (κ3) is 6.80. The number of nitrogens with zero attached hydrogens (tertiary/aromatic N) is 2. The average Bonchev–Trinajstić information content (AvgIpc) is 2.95. The molecule has 1 aliphatic heterocycles. The molecule has 8 nitrogen and oxygen atoms in total. The Bertz CT molecular complexity index is 1400. The highest BCUT2D eigenvalue weighted by Gasteiger charge is 2.30. The van der Waals surface area contributed by atoms with Crippen molar-refractivity contribution in [1.82, 2.24) is 9.21 Å². The van der Waals surface area contributed by atoms with Crippen molar-refractivity contribution in [2.45, 2.75) is 4.90 Å². The van der Waals surface area contributed by atoms with Gasteiger partial charge in [0.1, 0.15) is 11.5 Å². The predicted octanol–water partition coefficient (Wildman–Crippen LogP) is 4.16. The Morgan fingerprint density at radius 2 is 1.47 bits per heavy atom. The molecule has 10 heteroatoms. The molecule has 0 N–H and O–H groups in total. The van der Waals surface area contributed by atoms with E-state index >= 15 is 0 Å². The summed E-state index contributed by atoms with van der Waals surface area (Å²) in [4.78, 5) is 26.8. The third-order valence-corrected chi connectivity index (χ3v) is 8.25. The quantitative estimate of drug-likeness (QED) is 0.291. The van der Waals surface area contributed by atoms with Crippen molar-refractivity contribution in [2.24, 2.45) is 0 Å². The van der Waals surface area contributed by atoms with E-state index in [0.717, 1.165) is 11.3 Å². The SMILES string of the molecule is COc1ccc(C=CC(=O)c2ccc(OCC(=O)N3CCN(S(=O)(=O)c4ccc(Cl)cc4)CC3)cc2)cc1. The van der Waals surface area contributed by atoms with Crippen LogP contribution in [0.5, 0.6) is 11.5 Å². The van der Waals surface area contributed by atoms with Gasteiger partial charge in [0.25, 0.3) is 5.91 Å². The smallest absolute Gasteiger partial charge is 0.260 e. The fraction of sp³-hybridized carbons (Fsp3) is 0.214. The Labute approximate surface area is 227 Å². The van der Waals surface area contributed by atoms with Gasteiger partial charge in [0, 0.05) is 36.8 Å². The maximum atomic E-state index is 12.8. The molecule has 38 heavy (non-hydrogen) atoms. The summed E-state index contributed by atoms with van der Waals surface area (Å²) in [6, 6.07) is 19.9. The number of piperazine rings is 1. The van der Waals surface area contributed by atoms with E-state index in [1.807, 2.05) is 24.3 Å². The Balaban J connectivity index is 1.25. The minimum Gasteiger partial charge on any atom is -0.497 e. The zero-order chi connectivity index (χ0) is 27.1. The Morgan fingerprint density at radius 3 is 2.08 bits per heavy atom. The molecule has 3 aromatic rings. The number of methoxy groups -OCH3 is 1. The lowest BCUT2D eigenvalue weighted by atomic mass is 10.1. The highest BCUT2D eigenvalue weighted by atomic mass is 35.5. The number of amides is 1. The second-order valence-corrected chi connectivity index (χ2v) is 10.9. The zero-order valence-electron chi connectivity index (χ0n) is 20.7. The van der Waals surface area contributed by atoms with Crippen molar-refractivity contribution >= 4 is 39.4 Å². The molecule has 1 aliphatic rings. The first-order valence-corrected chi connectivity index (χ1v) is 13.7. The first-order valence-electron chi connectivity index (χ1n) is 11.9. The molecule has 3 aromatic carbocycles. The number of hydrogen-bond acceptors (Lipinski definition) is 6. The van der Waals surface area contributed by atoms with Crippen molar-refractivity contribution in [2.75, 3.05) is 39.9 Å². The molecule has 0 radical (unpaired) electrons. The monoisotopic (exact) mass is 554 g/mol. The maximum Gasteiger partial charge on any atom is 0.260 e. The van der Waals surface area contributed by atoms with Crippen molar-refractivity contribution < 1.29 is 27.5 Å². The summed E-state index contributed by atoms with van der Waals surface area (Å²) in [6.45, 7) is 0.732. The van der Waals surface area contributed by atoms with Crippen LogP contribution in [-0.2, 0) is 14.8 Å². The molecule has 0 unspecified atom stereocenters. The summed E-state index contributed by atoms with van der Waals surface area (Å²) in [5, 5.41) is 0.460. The number of benzene rings is 3. The van der Waals surface area contributed by atoms with Gasteiger partial charge in [0.2, 0.25) is 10.0 Å². The van der Waals surface area contributed by atoms with E-state index in [0.29, 0.717) is 16.3 Å². The molecule has 0 spiro atoms. The van der Waals surface area contributed by atoms with Crippen LogP contribution in [0.3, 0.4) is 0 Å². The zero-order valence-corrected chi connectivity index (χ0v) is 22.3. The van der Waals surface area contributed by atoms with Gasteiger partial charge < -0.3 is 14.4 Å². The molecule has 1 heterocycles. The van der Waals surface area contributed by atoms with E-state index in [2.05, 4.69) is 0 Å². The topological polar surface area (TPSA) is 93.2 Å². The van der Waals surface area contributed by atoms with E-state index in [-0.39, 0.29) is 49.4 Å². The van der Waals surface area contributed by atoms with E-state index in [9.17, 15) is 18.0 Å². The molecule has 0 aromatic heterocycles. The molecule has 0 saturated carbocycles. The summed E-state index contributed by atoms with van der Waals surface area (Å²) in [5.74, 6) is 0.802. The lowest BCUT2D eigenvalue weighted by Gasteiger charge is -2.34. The van der Waals surface area contributed by atoms with Crippen molar-refractivity contribution in [3.8, 4) is 11.5 Å². The van der Waals surface area contributed by atoms with Crippen LogP contribution in [-0.4, -0.2) is 69.2 Å². The molecule has 198 valence electrons. The largest absolute Gasteiger partial charge is 0.497 e. The van der Waals surface area contributed by atoms with Gasteiger partial charge in [-0.3, -0.25) is 9.59 Å². The fourth-order valence-corrected chi connectivity index (χ4v) is 5.42. The fourth-order valence-electron chi connectivity index (χ4n) is 3.87. The number of halogens is 1. The first kappa shape index (κ1) is 27.4. The number of hydrogen-bond donors (Lipinski definition) is 0. The third-order valence-electron chi connectivity index (χ3n) is 6.09. The summed E-state index contributed by atoms with van der Waals surface area (Å²) in [5.41, 5.74) is 1.37. The molecule has 4 rings (SSSR count). The first-order chi connectivity index (χ1) is 18.3. The molecule has 1 amide bonds. The van der Waals surface area contributed by atoms with Crippen LogP contribution in [0.2, 0.25) is 5.02 Å². The van der Waals surface area contributed by atoms with Crippen molar-refractivity contribution in [3.63, 3.8) is 0 Å². The summed E-state index contributed by atoms with van der Waals surface area (Å²) >= 11 is 5.85. The number of rotatable bonds is 9. The lowest BCUT2D eigenvalue weighted by Crippen LogP contribution is -2.51. The maximum absolute atomic E-state index is 12.8. The van der Waals surface area contributed by atoms with Gasteiger partial charge in [-0.05, 0) is 72.3 Å². The second-order valence-electron chi connectivity index (χ2n) is 8.52. The number of ketones is 1. The lowest BCUT2D eigenvalue weighted by molar-refractivity contribution is -0.134. The number of sulfonamides is 1. The molecule has 1 fully saturated rings. The molecule has 0 aliphatic carbocycles. The predicted molar refractivity (Wildman–Crippen MR) is 145 cm³/mol. The van der Waals surface area contributed by atoms with Crippen LogP contribution in [0, 0.1) is 0 Å². The van der Waals surface area contributed by atoms with Gasteiger partial charge >= 0.3 is 0 Å². The number of allylic oxidation sites excluding steroid dienone is 1. The second kappa shape index (κ2) is 12.3. The summed E-state index contributed by atoms with van der Waals surface area (Å²) < 4.78 is 37.7. The molecular weight excluding hydrogens is 528 g/mol. The van der Waals surface area contributed by atoms with E-state index < -0.39 is 10.0 Å². The van der Waals surface area contributed by atoms with Gasteiger partial charge in [-0.25, -0.2) is 8.42 Å². The van der Waals surface area contributed by atoms with E-state index in [1.54, 1.807) is 42.4 Å². The van der Waals surface area contributed by atoms with Crippen LogP contribution in [0.15, 0.2) is 83.8 Å². The van der Waals surface area contributed by atoms with E-state index in [1.165, 1.54) is 34.6 Å². The highest BCUT2D eigenvalue weighted by Crippen LogP contribution is 2.20. The minimum absolute atomic E-state index is 0.158. The van der Waals surface area contributed by atoms with Crippen LogP contribution in [0.1, 0.15) is 15.9 Å². The summed E-state index contributed by atoms with van der Waals surface area (Å²) in [7, 11) is -2.05. The van der Waals surface area contributed by atoms with Crippen molar-refractivity contribution in [1.29, 1.82) is 0 Å². The highest BCUT2D eigenvalue weighted by molar-refractivity contribution is 7.89. The normalized spacial score (nSPS) is 14.4. The van der Waals surface area contributed by atoms with Crippen LogP contribution in [0.25, 0.3) is 6.08 Å². The van der Waals surface area contributed by atoms with Gasteiger partial charge in [0.05, 0.1) is 12.0 Å². The standard InChI is InChI=1S/C28H27ClN2O6S/c1-36-24-9-2-21(3-10-24)4-15-27(32)22-5-11-25(12-6-22)37-20-28(33)30-16-18-31(19-17-30)38(34,35)26-13-7-23(29)8-14-26/h2-15H,16-20H2,1H3. The van der Waals surface area contributed by atoms with Crippen molar-refractivity contribution in [3.05, 3.63) is 95.0 Å².